The molecule has 0 bridgehead atoms. The molecule has 5 heteroatoms. The Bertz CT molecular complexity index is 583. The summed E-state index contributed by atoms with van der Waals surface area (Å²) >= 11 is 1.90. The molecular weight excluding hydrogens is 292 g/mol. The second-order valence-electron chi connectivity index (χ2n) is 6.31. The molecule has 0 aliphatic carbocycles. The van der Waals surface area contributed by atoms with E-state index in [1.165, 1.54) is 36.4 Å². The molecule has 0 amide bonds. The van der Waals surface area contributed by atoms with Crippen LogP contribution in [0.1, 0.15) is 29.1 Å². The Morgan fingerprint density at radius 1 is 1.32 bits per heavy atom. The van der Waals surface area contributed by atoms with Crippen LogP contribution < -0.4 is 0 Å². The Kier molecular flexibility index (Phi) is 5.28. The van der Waals surface area contributed by atoms with Crippen LogP contribution in [0.4, 0.5) is 0 Å². The minimum atomic E-state index is 1.01. The predicted octanol–water partition coefficient (Wildman–Crippen LogP) is 2.98. The summed E-state index contributed by atoms with van der Waals surface area (Å²) in [6.45, 7) is 8.84. The monoisotopic (exact) mass is 318 g/mol. The van der Waals surface area contributed by atoms with Crippen LogP contribution in [-0.4, -0.2) is 46.0 Å². The molecule has 0 N–H and O–H groups in total. The molecule has 0 saturated carbocycles. The summed E-state index contributed by atoms with van der Waals surface area (Å²) in [7, 11) is 2.20. The Morgan fingerprint density at radius 2 is 2.14 bits per heavy atom. The minimum absolute atomic E-state index is 1.01. The summed E-state index contributed by atoms with van der Waals surface area (Å²) in [4.78, 5) is 10.7. The highest BCUT2D eigenvalue weighted by Gasteiger charge is 2.13. The van der Waals surface area contributed by atoms with E-state index in [1.807, 2.05) is 17.5 Å². The molecule has 0 aromatic carbocycles. The smallest absolute Gasteiger partial charge is 0.105 e. The molecule has 1 aliphatic rings. The lowest BCUT2D eigenvalue weighted by molar-refractivity contribution is 0.312. The maximum absolute atomic E-state index is 4.27. The van der Waals surface area contributed by atoms with Crippen LogP contribution in [0.15, 0.2) is 23.8 Å². The van der Waals surface area contributed by atoms with Gasteiger partial charge < -0.3 is 4.57 Å². The number of imidazole rings is 1. The lowest BCUT2D eigenvalue weighted by Gasteiger charge is -2.16. The maximum atomic E-state index is 4.27. The number of likely N-dealkylation sites (tertiary alicyclic amines) is 1. The molecule has 0 unspecified atom stereocenters. The van der Waals surface area contributed by atoms with Crippen molar-refractivity contribution in [1.29, 1.82) is 0 Å². The van der Waals surface area contributed by atoms with E-state index in [0.29, 0.717) is 0 Å². The highest BCUT2D eigenvalue weighted by molar-refractivity contribution is 7.10. The lowest BCUT2D eigenvalue weighted by atomic mass is 10.3. The van der Waals surface area contributed by atoms with Crippen molar-refractivity contribution in [2.24, 2.45) is 0 Å². The van der Waals surface area contributed by atoms with Gasteiger partial charge >= 0.3 is 0 Å². The molecule has 22 heavy (non-hydrogen) atoms. The summed E-state index contributed by atoms with van der Waals surface area (Å²) in [5.41, 5.74) is 1.49. The third kappa shape index (κ3) is 4.18. The maximum Gasteiger partial charge on any atom is 0.105 e. The number of hydrogen-bond acceptors (Lipinski definition) is 4. The van der Waals surface area contributed by atoms with Gasteiger partial charge in [-0.1, -0.05) is 0 Å². The first-order valence-electron chi connectivity index (χ1n) is 8.15. The zero-order chi connectivity index (χ0) is 15.4. The molecule has 0 spiro atoms. The van der Waals surface area contributed by atoms with Gasteiger partial charge in [-0.15, -0.1) is 11.3 Å². The number of likely N-dealkylation sites (N-methyl/N-ethyl adjacent to an activating group) is 1. The van der Waals surface area contributed by atoms with Crippen LogP contribution in [0.25, 0.3) is 0 Å². The van der Waals surface area contributed by atoms with Gasteiger partial charge in [0.05, 0.1) is 0 Å². The summed E-state index contributed by atoms with van der Waals surface area (Å²) < 4.78 is 2.21. The van der Waals surface area contributed by atoms with E-state index in [4.69, 9.17) is 0 Å². The zero-order valence-electron chi connectivity index (χ0n) is 13.7. The molecule has 3 rings (SSSR count). The van der Waals surface area contributed by atoms with E-state index in [9.17, 15) is 0 Å². The Balaban J connectivity index is 1.46. The van der Waals surface area contributed by atoms with Gasteiger partial charge in [-0.2, -0.15) is 0 Å². The number of thiophene rings is 1. The average molecular weight is 318 g/mol. The van der Waals surface area contributed by atoms with Crippen molar-refractivity contribution in [2.45, 2.75) is 39.4 Å². The molecule has 2 aromatic heterocycles. The normalized spacial score (nSPS) is 16.0. The standard InChI is InChI=1S/C17H26N4S/c1-15-18-5-8-21(15)10-9-19(2)13-17-11-16(14-22-17)12-20-6-3-4-7-20/h5,8,11,14H,3-4,6-7,9-10,12-13H2,1-2H3. The van der Waals surface area contributed by atoms with Crippen molar-refractivity contribution >= 4 is 11.3 Å². The van der Waals surface area contributed by atoms with E-state index in [1.54, 1.807) is 0 Å². The summed E-state index contributed by atoms with van der Waals surface area (Å²) in [6.07, 6.45) is 6.67. The van der Waals surface area contributed by atoms with Gasteiger partial charge in [0.2, 0.25) is 0 Å². The van der Waals surface area contributed by atoms with E-state index >= 15 is 0 Å². The fourth-order valence-electron chi connectivity index (χ4n) is 3.05. The van der Waals surface area contributed by atoms with Crippen LogP contribution in [0.2, 0.25) is 0 Å². The SMILES string of the molecule is Cc1nccn1CCN(C)Cc1cc(CN2CCCC2)cs1. The van der Waals surface area contributed by atoms with Crippen LogP contribution in [0.5, 0.6) is 0 Å². The van der Waals surface area contributed by atoms with Gasteiger partial charge in [0.25, 0.3) is 0 Å². The fourth-order valence-corrected chi connectivity index (χ4v) is 4.01. The molecular formula is C17H26N4S. The van der Waals surface area contributed by atoms with Gasteiger partial charge in [0, 0.05) is 43.4 Å². The Labute approximate surface area is 137 Å². The zero-order valence-corrected chi connectivity index (χ0v) is 14.5. The van der Waals surface area contributed by atoms with Crippen molar-refractivity contribution in [3.63, 3.8) is 0 Å². The van der Waals surface area contributed by atoms with Gasteiger partial charge in [-0.05, 0) is 56.9 Å². The van der Waals surface area contributed by atoms with Gasteiger partial charge in [-0.3, -0.25) is 9.80 Å². The molecule has 0 radical (unpaired) electrons. The topological polar surface area (TPSA) is 24.3 Å². The van der Waals surface area contributed by atoms with Crippen LogP contribution >= 0.6 is 11.3 Å². The van der Waals surface area contributed by atoms with Gasteiger partial charge in [-0.25, -0.2) is 4.98 Å². The first-order valence-corrected chi connectivity index (χ1v) is 9.03. The minimum Gasteiger partial charge on any atom is -0.334 e. The van der Waals surface area contributed by atoms with Crippen LogP contribution in [-0.2, 0) is 19.6 Å². The first-order chi connectivity index (χ1) is 10.7. The number of nitrogens with zero attached hydrogens (tertiary/aromatic N) is 4. The second-order valence-corrected chi connectivity index (χ2v) is 7.31. The number of aromatic nitrogens is 2. The average Bonchev–Trinajstić information content (AvgIpc) is 3.21. The van der Waals surface area contributed by atoms with Crippen LogP contribution in [0.3, 0.4) is 0 Å². The summed E-state index contributed by atoms with van der Waals surface area (Å²) in [5.74, 6) is 1.09. The molecule has 4 nitrogen and oxygen atoms in total. The molecule has 3 heterocycles. The fraction of sp³-hybridized carbons (Fsp3) is 0.588. The highest BCUT2D eigenvalue weighted by Crippen LogP contribution is 2.20. The predicted molar refractivity (Wildman–Crippen MR) is 92.1 cm³/mol. The summed E-state index contributed by atoms with van der Waals surface area (Å²) in [5, 5.41) is 2.33. The third-order valence-electron chi connectivity index (χ3n) is 4.38. The largest absolute Gasteiger partial charge is 0.334 e. The highest BCUT2D eigenvalue weighted by atomic mass is 32.1. The second kappa shape index (κ2) is 7.40. The number of rotatable bonds is 7. The summed E-state index contributed by atoms with van der Waals surface area (Å²) in [6, 6.07) is 2.39. The van der Waals surface area contributed by atoms with Crippen LogP contribution in [0, 0.1) is 6.92 Å². The van der Waals surface area contributed by atoms with Crippen molar-refractivity contribution in [3.05, 3.63) is 40.1 Å². The van der Waals surface area contributed by atoms with Crippen molar-refractivity contribution in [1.82, 2.24) is 19.4 Å². The van der Waals surface area contributed by atoms with Crippen molar-refractivity contribution < 1.29 is 0 Å². The Hall–Kier alpha value is -1.17. The van der Waals surface area contributed by atoms with E-state index in [-0.39, 0.29) is 0 Å². The van der Waals surface area contributed by atoms with E-state index in [2.05, 4.69) is 51.0 Å². The number of hydrogen-bond donors (Lipinski definition) is 0. The third-order valence-corrected chi connectivity index (χ3v) is 5.36. The Morgan fingerprint density at radius 3 is 2.86 bits per heavy atom. The van der Waals surface area contributed by atoms with Gasteiger partial charge in [0.1, 0.15) is 5.82 Å². The van der Waals surface area contributed by atoms with Gasteiger partial charge in [0.15, 0.2) is 0 Å². The quantitative estimate of drug-likeness (QED) is 0.784. The molecule has 0 atom stereocenters. The van der Waals surface area contributed by atoms with Crippen molar-refractivity contribution in [2.75, 3.05) is 26.7 Å². The number of aryl methyl sites for hydroxylation is 1. The van der Waals surface area contributed by atoms with Crippen molar-refractivity contribution in [3.8, 4) is 0 Å². The van der Waals surface area contributed by atoms with E-state index < -0.39 is 0 Å². The lowest BCUT2D eigenvalue weighted by Crippen LogP contribution is -2.22. The first kappa shape index (κ1) is 15.7. The molecule has 1 fully saturated rings. The molecule has 2 aromatic rings. The van der Waals surface area contributed by atoms with E-state index in [0.717, 1.165) is 32.0 Å². The molecule has 120 valence electrons. The molecule has 1 saturated heterocycles. The molecule has 1 aliphatic heterocycles.